The molecule has 4 N–H and O–H groups in total. The van der Waals surface area contributed by atoms with E-state index in [4.69, 9.17) is 0 Å². The number of halogens is 1. The number of carbonyl (C=O) groups excluding carboxylic acids is 1. The molecule has 2 aromatic heterocycles. The fraction of sp³-hybridized carbons (Fsp3) is 0.348. The Morgan fingerprint density at radius 2 is 1.84 bits per heavy atom. The van der Waals surface area contributed by atoms with Gasteiger partial charge in [-0.05, 0) is 61.6 Å². The van der Waals surface area contributed by atoms with Crippen LogP contribution >= 0.6 is 0 Å². The molecular formula is C23H26FN7O. The van der Waals surface area contributed by atoms with E-state index in [2.05, 4.69) is 30.9 Å². The summed E-state index contributed by atoms with van der Waals surface area (Å²) in [4.78, 5) is 25.5. The highest BCUT2D eigenvalue weighted by Gasteiger charge is 2.54. The quantitative estimate of drug-likeness (QED) is 0.436. The predicted molar refractivity (Wildman–Crippen MR) is 124 cm³/mol. The van der Waals surface area contributed by atoms with Crippen LogP contribution in [0.5, 0.6) is 0 Å². The first-order chi connectivity index (χ1) is 15.4. The second-order valence-corrected chi connectivity index (χ2v) is 8.70. The normalized spacial score (nSPS) is 16.9. The highest BCUT2D eigenvalue weighted by atomic mass is 19.1. The number of H-pyrrole nitrogens is 1. The van der Waals surface area contributed by atoms with Crippen molar-refractivity contribution in [3.63, 3.8) is 0 Å². The Morgan fingerprint density at radius 3 is 2.47 bits per heavy atom. The van der Waals surface area contributed by atoms with Crippen LogP contribution < -0.4 is 20.9 Å². The average Bonchev–Trinajstić information content (AvgIpc) is 3.50. The van der Waals surface area contributed by atoms with E-state index in [1.165, 1.54) is 6.92 Å². The van der Waals surface area contributed by atoms with Crippen molar-refractivity contribution in [1.82, 2.24) is 15.0 Å². The summed E-state index contributed by atoms with van der Waals surface area (Å²) in [5.41, 5.74) is 1.50. The lowest BCUT2D eigenvalue weighted by Gasteiger charge is -2.45. The van der Waals surface area contributed by atoms with E-state index in [0.717, 1.165) is 29.9 Å². The van der Waals surface area contributed by atoms with Gasteiger partial charge in [0.15, 0.2) is 0 Å². The van der Waals surface area contributed by atoms with Crippen molar-refractivity contribution in [1.29, 1.82) is 0 Å². The van der Waals surface area contributed by atoms with Crippen LogP contribution in [0.1, 0.15) is 25.3 Å². The van der Waals surface area contributed by atoms with E-state index < -0.39 is 5.67 Å². The summed E-state index contributed by atoms with van der Waals surface area (Å²) >= 11 is 0. The maximum absolute atomic E-state index is 14.9. The van der Waals surface area contributed by atoms with E-state index >= 15 is 0 Å². The number of anilines is 6. The summed E-state index contributed by atoms with van der Waals surface area (Å²) in [6, 6.07) is 11.1. The molecule has 1 aliphatic heterocycles. The molecule has 3 aromatic rings. The van der Waals surface area contributed by atoms with Gasteiger partial charge in [-0.15, -0.1) is 0 Å². The molecule has 1 aromatic carbocycles. The number of nitrogens with zero attached hydrogens (tertiary/aromatic N) is 3. The largest absolute Gasteiger partial charge is 0.350 e. The van der Waals surface area contributed by atoms with Gasteiger partial charge in [0, 0.05) is 30.6 Å². The maximum atomic E-state index is 14.9. The van der Waals surface area contributed by atoms with Crippen molar-refractivity contribution < 1.29 is 9.18 Å². The number of alkyl halides is 1. The van der Waals surface area contributed by atoms with Crippen LogP contribution in [-0.4, -0.2) is 39.6 Å². The van der Waals surface area contributed by atoms with E-state index in [-0.39, 0.29) is 11.8 Å². The Balaban J connectivity index is 1.37. The zero-order valence-electron chi connectivity index (χ0n) is 18.1. The molecule has 32 heavy (non-hydrogen) atoms. The van der Waals surface area contributed by atoms with Crippen LogP contribution in [-0.2, 0) is 4.79 Å². The second kappa shape index (κ2) is 7.81. The Bertz CT molecular complexity index is 1130. The van der Waals surface area contributed by atoms with Crippen LogP contribution in [0, 0.1) is 12.8 Å². The van der Waals surface area contributed by atoms with Gasteiger partial charge in [-0.1, -0.05) is 0 Å². The van der Waals surface area contributed by atoms with Gasteiger partial charge in [0.05, 0.1) is 13.1 Å². The number of hydrogen-bond donors (Lipinski definition) is 4. The molecule has 0 radical (unpaired) electrons. The van der Waals surface area contributed by atoms with Crippen LogP contribution in [0.3, 0.4) is 0 Å². The summed E-state index contributed by atoms with van der Waals surface area (Å²) in [6.45, 7) is 4.20. The number of benzene rings is 1. The molecule has 0 atom stereocenters. The highest BCUT2D eigenvalue weighted by molar-refractivity contribution is 5.88. The molecule has 1 saturated heterocycles. The zero-order chi connectivity index (χ0) is 22.3. The summed E-state index contributed by atoms with van der Waals surface area (Å²) in [6.07, 6.45) is 3.87. The fourth-order valence-corrected chi connectivity index (χ4v) is 4.01. The minimum Gasteiger partial charge on any atom is -0.350 e. The lowest BCUT2D eigenvalue weighted by atomic mass is 9.91. The van der Waals surface area contributed by atoms with Crippen molar-refractivity contribution >= 4 is 40.7 Å². The molecular weight excluding hydrogens is 409 g/mol. The molecule has 1 amide bonds. The molecule has 8 nitrogen and oxygen atoms in total. The lowest BCUT2D eigenvalue weighted by Crippen LogP contribution is -2.60. The molecule has 2 fully saturated rings. The maximum Gasteiger partial charge on any atom is 0.231 e. The number of hydrogen-bond acceptors (Lipinski definition) is 6. The van der Waals surface area contributed by atoms with Gasteiger partial charge < -0.3 is 25.8 Å². The first-order valence-electron chi connectivity index (χ1n) is 10.8. The van der Waals surface area contributed by atoms with Gasteiger partial charge in [0.25, 0.3) is 0 Å². The van der Waals surface area contributed by atoms with Crippen LogP contribution in [0.2, 0.25) is 0 Å². The first-order valence-corrected chi connectivity index (χ1v) is 10.8. The fourth-order valence-electron chi connectivity index (χ4n) is 4.01. The third-order valence-corrected chi connectivity index (χ3v) is 5.80. The van der Waals surface area contributed by atoms with Crippen molar-refractivity contribution in [3.8, 4) is 0 Å². The summed E-state index contributed by atoms with van der Waals surface area (Å²) < 4.78 is 14.9. The number of aromatic amines is 1. The molecule has 5 rings (SSSR count). The van der Waals surface area contributed by atoms with Crippen molar-refractivity contribution in [2.24, 2.45) is 5.92 Å². The Morgan fingerprint density at radius 1 is 1.12 bits per heavy atom. The van der Waals surface area contributed by atoms with Gasteiger partial charge >= 0.3 is 0 Å². The number of aryl methyl sites for hydroxylation is 1. The number of nitrogens with one attached hydrogen (secondary N) is 4. The number of carbonyl (C=O) groups is 1. The third kappa shape index (κ3) is 4.37. The average molecular weight is 436 g/mol. The monoisotopic (exact) mass is 435 g/mol. The zero-order valence-corrected chi connectivity index (χ0v) is 18.1. The summed E-state index contributed by atoms with van der Waals surface area (Å²) in [7, 11) is 0. The summed E-state index contributed by atoms with van der Waals surface area (Å²) in [5.74, 6) is 2.58. The van der Waals surface area contributed by atoms with E-state index in [1.54, 1.807) is 12.1 Å². The molecule has 0 spiro atoms. The van der Waals surface area contributed by atoms with Crippen LogP contribution in [0.4, 0.5) is 39.2 Å². The van der Waals surface area contributed by atoms with Crippen LogP contribution in [0.15, 0.2) is 42.6 Å². The second-order valence-electron chi connectivity index (χ2n) is 8.70. The molecule has 0 unspecified atom stereocenters. The third-order valence-electron chi connectivity index (χ3n) is 5.80. The molecule has 0 bridgehead atoms. The van der Waals surface area contributed by atoms with Crippen molar-refractivity contribution in [2.75, 3.05) is 33.9 Å². The molecule has 166 valence electrons. The SMILES string of the molecule is CC(=O)Nc1ccc(Nc2nc(Nc3cc(C)c[nH]3)cc(N3CC(F)(C4CC4)C3)n2)cc1. The Hall–Kier alpha value is -3.62. The Kier molecular flexibility index (Phi) is 4.96. The molecule has 3 heterocycles. The topological polar surface area (TPSA) is 98.0 Å². The molecule has 1 aliphatic carbocycles. The number of aromatic nitrogens is 3. The van der Waals surface area contributed by atoms with Gasteiger partial charge in [-0.25, -0.2) is 4.39 Å². The lowest BCUT2D eigenvalue weighted by molar-refractivity contribution is -0.114. The first kappa shape index (κ1) is 20.3. The summed E-state index contributed by atoms with van der Waals surface area (Å²) in [5, 5.41) is 9.22. The van der Waals surface area contributed by atoms with Crippen molar-refractivity contribution in [2.45, 2.75) is 32.4 Å². The number of rotatable bonds is 7. The van der Waals surface area contributed by atoms with Gasteiger partial charge in [-0.2, -0.15) is 9.97 Å². The van der Waals surface area contributed by atoms with E-state index in [0.29, 0.717) is 36.4 Å². The van der Waals surface area contributed by atoms with Crippen LogP contribution in [0.25, 0.3) is 0 Å². The van der Waals surface area contributed by atoms with E-state index in [1.807, 2.05) is 42.3 Å². The van der Waals surface area contributed by atoms with E-state index in [9.17, 15) is 9.18 Å². The Labute approximate surface area is 185 Å². The minimum atomic E-state index is -1.09. The molecule has 2 aliphatic rings. The highest BCUT2D eigenvalue weighted by Crippen LogP contribution is 2.48. The smallest absolute Gasteiger partial charge is 0.231 e. The number of amides is 1. The van der Waals surface area contributed by atoms with Crippen molar-refractivity contribution in [3.05, 3.63) is 48.2 Å². The minimum absolute atomic E-state index is 0.123. The predicted octanol–water partition coefficient (Wildman–Crippen LogP) is 4.50. The van der Waals surface area contributed by atoms with Gasteiger partial charge in [0.2, 0.25) is 11.9 Å². The van der Waals surface area contributed by atoms with Gasteiger partial charge in [0.1, 0.15) is 23.1 Å². The molecule has 9 heteroatoms. The van der Waals surface area contributed by atoms with Gasteiger partial charge in [-0.3, -0.25) is 4.79 Å². The standard InChI is InChI=1S/C23H26FN7O/c1-14-9-19(25-11-14)28-20-10-21(31-12-23(24,13-31)16-3-4-16)30-22(29-20)27-18-7-5-17(6-8-18)26-15(2)32/h5-11,16,25H,3-4,12-13H2,1-2H3,(H,26,32)(H2,27,28,29,30). The molecule has 1 saturated carbocycles.